The Morgan fingerprint density at radius 1 is 1.18 bits per heavy atom. The molecule has 1 aliphatic rings. The van der Waals surface area contributed by atoms with Gasteiger partial charge in [0.1, 0.15) is 0 Å². The number of hydrogen-bond donors (Lipinski definition) is 1. The standard InChI is InChI=1S/C15H24N2/c1-2-13-8-4-5-9-14(13)15(12-16)17-10-6-3-7-11-17/h4-5,8-9,15H,2-3,6-7,10-12,16H2,1H3. The van der Waals surface area contributed by atoms with Crippen molar-refractivity contribution in [2.45, 2.75) is 38.6 Å². The van der Waals surface area contributed by atoms with Crippen LogP contribution in [-0.4, -0.2) is 24.5 Å². The first-order chi connectivity index (χ1) is 8.36. The minimum atomic E-state index is 0.423. The molecule has 94 valence electrons. The monoisotopic (exact) mass is 232 g/mol. The lowest BCUT2D eigenvalue weighted by molar-refractivity contribution is 0.167. The number of aryl methyl sites for hydroxylation is 1. The highest BCUT2D eigenvalue weighted by Gasteiger charge is 2.22. The predicted molar refractivity (Wildman–Crippen MR) is 73.0 cm³/mol. The van der Waals surface area contributed by atoms with E-state index >= 15 is 0 Å². The summed E-state index contributed by atoms with van der Waals surface area (Å²) in [6, 6.07) is 9.19. The summed E-state index contributed by atoms with van der Waals surface area (Å²) in [5.74, 6) is 0. The van der Waals surface area contributed by atoms with Crippen LogP contribution in [0.1, 0.15) is 43.4 Å². The summed E-state index contributed by atoms with van der Waals surface area (Å²) in [6.45, 7) is 5.37. The fourth-order valence-electron chi connectivity index (χ4n) is 2.88. The zero-order valence-corrected chi connectivity index (χ0v) is 10.9. The molecule has 0 saturated carbocycles. The Bertz CT molecular complexity index is 343. The first-order valence-corrected chi connectivity index (χ1v) is 6.88. The second kappa shape index (κ2) is 6.18. The SMILES string of the molecule is CCc1ccccc1C(CN)N1CCCCC1. The van der Waals surface area contributed by atoms with Gasteiger partial charge in [0.2, 0.25) is 0 Å². The molecule has 1 aromatic rings. The van der Waals surface area contributed by atoms with E-state index in [9.17, 15) is 0 Å². The van der Waals surface area contributed by atoms with Crippen LogP contribution in [0.2, 0.25) is 0 Å². The Morgan fingerprint density at radius 3 is 2.53 bits per heavy atom. The van der Waals surface area contributed by atoms with Crippen molar-refractivity contribution in [1.82, 2.24) is 4.90 Å². The molecule has 0 amide bonds. The van der Waals surface area contributed by atoms with Gasteiger partial charge >= 0.3 is 0 Å². The van der Waals surface area contributed by atoms with Crippen LogP contribution in [0.4, 0.5) is 0 Å². The highest BCUT2D eigenvalue weighted by atomic mass is 15.2. The van der Waals surface area contributed by atoms with Crippen molar-refractivity contribution in [2.75, 3.05) is 19.6 Å². The minimum Gasteiger partial charge on any atom is -0.329 e. The molecule has 1 atom stereocenters. The van der Waals surface area contributed by atoms with E-state index in [1.165, 1.54) is 43.5 Å². The Hall–Kier alpha value is -0.860. The molecule has 2 nitrogen and oxygen atoms in total. The molecule has 17 heavy (non-hydrogen) atoms. The summed E-state index contributed by atoms with van der Waals surface area (Å²) in [5, 5.41) is 0. The number of benzene rings is 1. The van der Waals surface area contributed by atoms with E-state index < -0.39 is 0 Å². The molecule has 0 aromatic heterocycles. The zero-order chi connectivity index (χ0) is 12.1. The molecule has 2 N–H and O–H groups in total. The van der Waals surface area contributed by atoms with Gasteiger partial charge in [-0.2, -0.15) is 0 Å². The summed E-state index contributed by atoms with van der Waals surface area (Å²) in [4.78, 5) is 2.57. The van der Waals surface area contributed by atoms with Crippen molar-refractivity contribution in [3.63, 3.8) is 0 Å². The Morgan fingerprint density at radius 2 is 1.88 bits per heavy atom. The van der Waals surface area contributed by atoms with Crippen molar-refractivity contribution >= 4 is 0 Å². The molecular formula is C15H24N2. The van der Waals surface area contributed by atoms with Gasteiger partial charge in [0.15, 0.2) is 0 Å². The van der Waals surface area contributed by atoms with Gasteiger partial charge in [-0.1, -0.05) is 37.6 Å². The summed E-state index contributed by atoms with van der Waals surface area (Å²) in [5.41, 5.74) is 8.91. The first kappa shape index (κ1) is 12.6. The number of likely N-dealkylation sites (tertiary alicyclic amines) is 1. The number of hydrogen-bond acceptors (Lipinski definition) is 2. The largest absolute Gasteiger partial charge is 0.329 e. The van der Waals surface area contributed by atoms with Crippen LogP contribution in [0.25, 0.3) is 0 Å². The van der Waals surface area contributed by atoms with Crippen LogP contribution >= 0.6 is 0 Å². The van der Waals surface area contributed by atoms with E-state index in [-0.39, 0.29) is 0 Å². The van der Waals surface area contributed by atoms with Crippen LogP contribution < -0.4 is 5.73 Å². The normalized spacial score (nSPS) is 19.2. The summed E-state index contributed by atoms with van der Waals surface area (Å²) < 4.78 is 0. The Balaban J connectivity index is 2.21. The highest BCUT2D eigenvalue weighted by Crippen LogP contribution is 2.26. The third-order valence-corrected chi connectivity index (χ3v) is 3.85. The Labute approximate surface area is 105 Å². The van der Waals surface area contributed by atoms with Crippen LogP contribution in [0, 0.1) is 0 Å². The fourth-order valence-corrected chi connectivity index (χ4v) is 2.88. The van der Waals surface area contributed by atoms with E-state index in [2.05, 4.69) is 36.1 Å². The molecule has 1 aromatic carbocycles. The maximum absolute atomic E-state index is 6.02. The van der Waals surface area contributed by atoms with Gasteiger partial charge in [-0.15, -0.1) is 0 Å². The van der Waals surface area contributed by atoms with Gasteiger partial charge in [0, 0.05) is 12.6 Å². The smallest absolute Gasteiger partial charge is 0.0473 e. The number of rotatable bonds is 4. The topological polar surface area (TPSA) is 29.3 Å². The molecule has 1 aliphatic heterocycles. The molecule has 1 fully saturated rings. The maximum Gasteiger partial charge on any atom is 0.0473 e. The second-order valence-corrected chi connectivity index (χ2v) is 4.90. The van der Waals surface area contributed by atoms with Gasteiger partial charge in [0.05, 0.1) is 0 Å². The lowest BCUT2D eigenvalue weighted by Crippen LogP contribution is -2.37. The molecule has 1 saturated heterocycles. The lowest BCUT2D eigenvalue weighted by atomic mass is 9.96. The van der Waals surface area contributed by atoms with E-state index in [0.717, 1.165) is 13.0 Å². The third-order valence-electron chi connectivity index (χ3n) is 3.85. The van der Waals surface area contributed by atoms with Crippen molar-refractivity contribution in [1.29, 1.82) is 0 Å². The average molecular weight is 232 g/mol. The van der Waals surface area contributed by atoms with Crippen LogP contribution in [0.15, 0.2) is 24.3 Å². The number of piperidine rings is 1. The van der Waals surface area contributed by atoms with E-state index in [0.29, 0.717) is 6.04 Å². The van der Waals surface area contributed by atoms with E-state index in [4.69, 9.17) is 5.73 Å². The van der Waals surface area contributed by atoms with Crippen LogP contribution in [0.3, 0.4) is 0 Å². The second-order valence-electron chi connectivity index (χ2n) is 4.90. The van der Waals surface area contributed by atoms with E-state index in [1.54, 1.807) is 0 Å². The van der Waals surface area contributed by atoms with Crippen LogP contribution in [-0.2, 0) is 6.42 Å². The van der Waals surface area contributed by atoms with Crippen molar-refractivity contribution < 1.29 is 0 Å². The molecule has 0 bridgehead atoms. The van der Waals surface area contributed by atoms with Crippen molar-refractivity contribution in [3.8, 4) is 0 Å². The molecule has 1 unspecified atom stereocenters. The molecule has 1 heterocycles. The molecule has 2 heteroatoms. The molecular weight excluding hydrogens is 208 g/mol. The number of nitrogens with two attached hydrogens (primary N) is 1. The van der Waals surface area contributed by atoms with Gasteiger partial charge in [-0.25, -0.2) is 0 Å². The summed E-state index contributed by atoms with van der Waals surface area (Å²) >= 11 is 0. The predicted octanol–water partition coefficient (Wildman–Crippen LogP) is 2.73. The lowest BCUT2D eigenvalue weighted by Gasteiger charge is -2.35. The Kier molecular flexibility index (Phi) is 4.57. The highest BCUT2D eigenvalue weighted by molar-refractivity contribution is 5.30. The van der Waals surface area contributed by atoms with Gasteiger partial charge in [0.25, 0.3) is 0 Å². The van der Waals surface area contributed by atoms with Crippen molar-refractivity contribution in [2.24, 2.45) is 5.73 Å². The molecule has 0 aliphatic carbocycles. The van der Waals surface area contributed by atoms with Crippen LogP contribution in [0.5, 0.6) is 0 Å². The van der Waals surface area contributed by atoms with Gasteiger partial charge in [-0.3, -0.25) is 4.90 Å². The summed E-state index contributed by atoms with van der Waals surface area (Å²) in [7, 11) is 0. The quantitative estimate of drug-likeness (QED) is 0.865. The van der Waals surface area contributed by atoms with Crippen molar-refractivity contribution in [3.05, 3.63) is 35.4 Å². The van der Waals surface area contributed by atoms with Gasteiger partial charge in [-0.05, 0) is 43.5 Å². The van der Waals surface area contributed by atoms with E-state index in [1.807, 2.05) is 0 Å². The molecule has 0 radical (unpaired) electrons. The maximum atomic E-state index is 6.02. The summed E-state index contributed by atoms with van der Waals surface area (Å²) in [6.07, 6.45) is 5.12. The third kappa shape index (κ3) is 2.88. The fraction of sp³-hybridized carbons (Fsp3) is 0.600. The zero-order valence-electron chi connectivity index (χ0n) is 10.9. The number of nitrogens with zero attached hydrogens (tertiary/aromatic N) is 1. The minimum absolute atomic E-state index is 0.423. The average Bonchev–Trinajstić information content (AvgIpc) is 2.41. The molecule has 2 rings (SSSR count). The van der Waals surface area contributed by atoms with Gasteiger partial charge < -0.3 is 5.73 Å². The molecule has 0 spiro atoms. The first-order valence-electron chi connectivity index (χ1n) is 6.88.